The van der Waals surface area contributed by atoms with Gasteiger partial charge in [-0.25, -0.2) is 9.97 Å². The number of carbonyl (C=O) groups excluding carboxylic acids is 1. The maximum atomic E-state index is 10.6. The molecule has 0 unspecified atom stereocenters. The van der Waals surface area contributed by atoms with Gasteiger partial charge in [0.1, 0.15) is 6.33 Å². The van der Waals surface area contributed by atoms with E-state index in [1.807, 2.05) is 6.07 Å². The topological polar surface area (TPSA) is 68.9 Å². The van der Waals surface area contributed by atoms with Crippen LogP contribution >= 0.6 is 0 Å². The summed E-state index contributed by atoms with van der Waals surface area (Å²) >= 11 is 0. The fraction of sp³-hybridized carbons (Fsp3) is 0.500. The lowest BCUT2D eigenvalue weighted by molar-refractivity contribution is -0.118. The summed E-state index contributed by atoms with van der Waals surface area (Å²) < 4.78 is 0. The molecule has 1 heterocycles. The number of carbonyl (C=O) groups is 1. The molecule has 2 N–H and O–H groups in total. The van der Waals surface area contributed by atoms with Crippen molar-refractivity contribution in [3.05, 3.63) is 23.8 Å². The van der Waals surface area contributed by atoms with Crippen LogP contribution in [0.15, 0.2) is 12.4 Å². The highest BCUT2D eigenvalue weighted by Crippen LogP contribution is 2.03. The second-order valence-electron chi connectivity index (χ2n) is 3.22. The molecule has 0 aliphatic rings. The molecule has 0 bridgehead atoms. The van der Waals surface area contributed by atoms with E-state index >= 15 is 0 Å². The molecular formula is C10H15N3O. The van der Waals surface area contributed by atoms with Gasteiger partial charge in [0.15, 0.2) is 0 Å². The number of hydrogen-bond donors (Lipinski definition) is 1. The van der Waals surface area contributed by atoms with Crippen molar-refractivity contribution in [2.45, 2.75) is 32.6 Å². The summed E-state index contributed by atoms with van der Waals surface area (Å²) in [4.78, 5) is 18.8. The molecule has 0 saturated heterocycles. The number of primary amides is 1. The smallest absolute Gasteiger partial charge is 0.217 e. The molecule has 0 aliphatic carbocycles. The zero-order chi connectivity index (χ0) is 10.4. The minimum atomic E-state index is -0.291. The van der Waals surface area contributed by atoms with Crippen molar-refractivity contribution in [2.24, 2.45) is 5.73 Å². The maximum Gasteiger partial charge on any atom is 0.217 e. The quantitative estimate of drug-likeness (QED) is 0.753. The van der Waals surface area contributed by atoms with Crippen LogP contribution in [0.25, 0.3) is 0 Å². The monoisotopic (exact) mass is 193 g/mol. The summed E-state index contributed by atoms with van der Waals surface area (Å²) in [6, 6.07) is 1.94. The van der Waals surface area contributed by atoms with Gasteiger partial charge in [0, 0.05) is 17.8 Å². The van der Waals surface area contributed by atoms with Gasteiger partial charge in [-0.05, 0) is 18.9 Å². The van der Waals surface area contributed by atoms with Crippen LogP contribution in [-0.2, 0) is 17.6 Å². The molecule has 1 rings (SSSR count). The second-order valence-corrected chi connectivity index (χ2v) is 3.22. The molecule has 0 spiro atoms. The summed E-state index contributed by atoms with van der Waals surface area (Å²) in [7, 11) is 0. The summed E-state index contributed by atoms with van der Waals surface area (Å²) in [6.07, 6.45) is 4.51. The largest absolute Gasteiger partial charge is 0.370 e. The first-order valence-corrected chi connectivity index (χ1v) is 4.80. The fourth-order valence-corrected chi connectivity index (χ4v) is 1.22. The third-order valence-electron chi connectivity index (χ3n) is 1.91. The predicted octanol–water partition coefficient (Wildman–Crippen LogP) is 0.847. The molecule has 0 aliphatic heterocycles. The van der Waals surface area contributed by atoms with Crippen LogP contribution in [0.3, 0.4) is 0 Å². The van der Waals surface area contributed by atoms with Gasteiger partial charge in [0.05, 0.1) is 0 Å². The van der Waals surface area contributed by atoms with Gasteiger partial charge in [-0.3, -0.25) is 4.79 Å². The molecular weight excluding hydrogens is 178 g/mol. The standard InChI is InChI=1S/C10H15N3O/c1-2-3-8-6-9(13-7-12-8)4-5-10(11)14/h6-7H,2-5H2,1H3,(H2,11,14). The molecule has 0 aromatic carbocycles. The third-order valence-corrected chi connectivity index (χ3v) is 1.91. The molecule has 4 heteroatoms. The van der Waals surface area contributed by atoms with Crippen LogP contribution in [-0.4, -0.2) is 15.9 Å². The summed E-state index contributed by atoms with van der Waals surface area (Å²) in [5.41, 5.74) is 6.98. The highest BCUT2D eigenvalue weighted by atomic mass is 16.1. The van der Waals surface area contributed by atoms with Crippen LogP contribution in [0, 0.1) is 0 Å². The average Bonchev–Trinajstić information content (AvgIpc) is 2.16. The molecule has 76 valence electrons. The van der Waals surface area contributed by atoms with E-state index in [4.69, 9.17) is 5.73 Å². The molecule has 0 radical (unpaired) electrons. The van der Waals surface area contributed by atoms with Gasteiger partial charge in [-0.1, -0.05) is 13.3 Å². The Hall–Kier alpha value is -1.45. The van der Waals surface area contributed by atoms with Gasteiger partial charge < -0.3 is 5.73 Å². The summed E-state index contributed by atoms with van der Waals surface area (Å²) in [6.45, 7) is 2.10. The Morgan fingerprint density at radius 3 is 2.57 bits per heavy atom. The molecule has 14 heavy (non-hydrogen) atoms. The molecule has 0 fully saturated rings. The van der Waals surface area contributed by atoms with E-state index in [2.05, 4.69) is 16.9 Å². The highest BCUT2D eigenvalue weighted by Gasteiger charge is 2.00. The number of nitrogens with zero attached hydrogens (tertiary/aromatic N) is 2. The Bertz CT molecular complexity index is 312. The lowest BCUT2D eigenvalue weighted by atomic mass is 10.1. The number of aryl methyl sites for hydroxylation is 2. The Morgan fingerprint density at radius 1 is 1.36 bits per heavy atom. The molecule has 4 nitrogen and oxygen atoms in total. The predicted molar refractivity (Wildman–Crippen MR) is 53.5 cm³/mol. The molecule has 0 saturated carbocycles. The van der Waals surface area contributed by atoms with Crippen molar-refractivity contribution in [1.29, 1.82) is 0 Å². The van der Waals surface area contributed by atoms with E-state index in [0.717, 1.165) is 24.2 Å². The van der Waals surface area contributed by atoms with E-state index in [-0.39, 0.29) is 5.91 Å². The fourth-order valence-electron chi connectivity index (χ4n) is 1.22. The summed E-state index contributed by atoms with van der Waals surface area (Å²) in [5.74, 6) is -0.291. The average molecular weight is 193 g/mol. The zero-order valence-corrected chi connectivity index (χ0v) is 8.36. The number of aromatic nitrogens is 2. The van der Waals surface area contributed by atoms with E-state index < -0.39 is 0 Å². The van der Waals surface area contributed by atoms with Crippen LogP contribution < -0.4 is 5.73 Å². The number of rotatable bonds is 5. The number of nitrogens with two attached hydrogens (primary N) is 1. The normalized spacial score (nSPS) is 10.1. The molecule has 1 aromatic heterocycles. The number of amides is 1. The molecule has 1 amide bonds. The third kappa shape index (κ3) is 3.51. The Morgan fingerprint density at radius 2 is 2.00 bits per heavy atom. The second kappa shape index (κ2) is 5.32. The lowest BCUT2D eigenvalue weighted by Gasteiger charge is -2.01. The van der Waals surface area contributed by atoms with Crippen LogP contribution in [0.5, 0.6) is 0 Å². The Balaban J connectivity index is 2.58. The number of hydrogen-bond acceptors (Lipinski definition) is 3. The zero-order valence-electron chi connectivity index (χ0n) is 8.36. The van der Waals surface area contributed by atoms with Crippen molar-refractivity contribution >= 4 is 5.91 Å². The van der Waals surface area contributed by atoms with E-state index in [1.165, 1.54) is 0 Å². The summed E-state index contributed by atoms with van der Waals surface area (Å²) in [5, 5.41) is 0. The molecule has 1 aromatic rings. The lowest BCUT2D eigenvalue weighted by Crippen LogP contribution is -2.11. The van der Waals surface area contributed by atoms with Crippen molar-refractivity contribution in [3.8, 4) is 0 Å². The highest BCUT2D eigenvalue weighted by molar-refractivity contribution is 5.73. The van der Waals surface area contributed by atoms with Crippen molar-refractivity contribution < 1.29 is 4.79 Å². The Kier molecular flexibility index (Phi) is 4.04. The van der Waals surface area contributed by atoms with Crippen LogP contribution in [0.1, 0.15) is 31.2 Å². The first kappa shape index (κ1) is 10.6. The van der Waals surface area contributed by atoms with Gasteiger partial charge in [0.2, 0.25) is 5.91 Å². The van der Waals surface area contributed by atoms with Gasteiger partial charge in [-0.15, -0.1) is 0 Å². The Labute approximate surface area is 83.6 Å². The van der Waals surface area contributed by atoms with Gasteiger partial charge in [0.25, 0.3) is 0 Å². The van der Waals surface area contributed by atoms with Crippen LogP contribution in [0.4, 0.5) is 0 Å². The maximum absolute atomic E-state index is 10.6. The van der Waals surface area contributed by atoms with Crippen LogP contribution in [0.2, 0.25) is 0 Å². The van der Waals surface area contributed by atoms with Crippen molar-refractivity contribution in [2.75, 3.05) is 0 Å². The first-order valence-electron chi connectivity index (χ1n) is 4.80. The van der Waals surface area contributed by atoms with E-state index in [0.29, 0.717) is 12.8 Å². The first-order chi connectivity index (χ1) is 6.72. The van der Waals surface area contributed by atoms with Crippen molar-refractivity contribution in [1.82, 2.24) is 9.97 Å². The van der Waals surface area contributed by atoms with Crippen molar-refractivity contribution in [3.63, 3.8) is 0 Å². The minimum absolute atomic E-state index is 0.291. The minimum Gasteiger partial charge on any atom is -0.370 e. The van der Waals surface area contributed by atoms with E-state index in [9.17, 15) is 4.79 Å². The molecule has 0 atom stereocenters. The SMILES string of the molecule is CCCc1cc(CCC(N)=O)ncn1. The van der Waals surface area contributed by atoms with E-state index in [1.54, 1.807) is 6.33 Å². The van der Waals surface area contributed by atoms with Gasteiger partial charge in [-0.2, -0.15) is 0 Å². The van der Waals surface area contributed by atoms with Gasteiger partial charge >= 0.3 is 0 Å².